The summed E-state index contributed by atoms with van der Waals surface area (Å²) in [4.78, 5) is 0. The van der Waals surface area contributed by atoms with Crippen molar-refractivity contribution < 1.29 is 18.3 Å². The zero-order chi connectivity index (χ0) is 13.2. The minimum Gasteiger partial charge on any atom is -0.393 e. The molecule has 1 N–H and O–H groups in total. The first-order valence-corrected chi connectivity index (χ1v) is 8.39. The van der Waals surface area contributed by atoms with Crippen LogP contribution < -0.4 is 0 Å². The molecule has 0 aromatic heterocycles. The van der Waals surface area contributed by atoms with Gasteiger partial charge in [0, 0.05) is 19.2 Å². The molecule has 0 radical (unpaired) electrons. The van der Waals surface area contributed by atoms with Crippen LogP contribution in [0.1, 0.15) is 39.0 Å². The van der Waals surface area contributed by atoms with Gasteiger partial charge in [-0.05, 0) is 39.0 Å². The molecule has 0 aromatic carbocycles. The van der Waals surface area contributed by atoms with E-state index >= 15 is 0 Å². The van der Waals surface area contributed by atoms with Gasteiger partial charge in [-0.2, -0.15) is 4.31 Å². The van der Waals surface area contributed by atoms with E-state index in [0.29, 0.717) is 19.6 Å². The summed E-state index contributed by atoms with van der Waals surface area (Å²) in [6.45, 7) is 2.98. The minimum absolute atomic E-state index is 0.0311. The van der Waals surface area contributed by atoms with Gasteiger partial charge in [0.1, 0.15) is 0 Å². The molecule has 3 atom stereocenters. The van der Waals surface area contributed by atoms with E-state index in [0.717, 1.165) is 25.7 Å². The fourth-order valence-corrected chi connectivity index (χ4v) is 4.89. The second-order valence-electron chi connectivity index (χ2n) is 5.41. The van der Waals surface area contributed by atoms with Gasteiger partial charge in [-0.1, -0.05) is 0 Å². The Morgan fingerprint density at radius 3 is 2.78 bits per heavy atom. The Kier molecular flexibility index (Phi) is 4.64. The highest BCUT2D eigenvalue weighted by molar-refractivity contribution is 7.89. The van der Waals surface area contributed by atoms with E-state index in [1.165, 1.54) is 0 Å². The van der Waals surface area contributed by atoms with Crippen molar-refractivity contribution in [1.29, 1.82) is 0 Å². The predicted octanol–water partition coefficient (Wildman–Crippen LogP) is 0.730. The molecule has 5 nitrogen and oxygen atoms in total. The Hall–Kier alpha value is -0.170. The molecule has 3 unspecified atom stereocenters. The van der Waals surface area contributed by atoms with Crippen molar-refractivity contribution in [2.45, 2.75) is 57.3 Å². The fourth-order valence-electron chi connectivity index (χ4n) is 2.91. The summed E-state index contributed by atoms with van der Waals surface area (Å²) in [5.74, 6) is 0.101. The lowest BCUT2D eigenvalue weighted by atomic mass is 10.1. The summed E-state index contributed by atoms with van der Waals surface area (Å²) < 4.78 is 31.7. The van der Waals surface area contributed by atoms with Crippen LogP contribution >= 0.6 is 0 Å². The van der Waals surface area contributed by atoms with Crippen molar-refractivity contribution in [3.05, 3.63) is 0 Å². The van der Waals surface area contributed by atoms with Crippen molar-refractivity contribution in [3.63, 3.8) is 0 Å². The molecule has 0 bridgehead atoms. The van der Waals surface area contributed by atoms with E-state index < -0.39 is 16.1 Å². The van der Waals surface area contributed by atoms with Crippen molar-refractivity contribution in [3.8, 4) is 0 Å². The number of hydrogen-bond donors (Lipinski definition) is 1. The highest BCUT2D eigenvalue weighted by Gasteiger charge is 2.36. The molecule has 2 aliphatic heterocycles. The lowest BCUT2D eigenvalue weighted by Gasteiger charge is -2.26. The number of hydrogen-bond acceptors (Lipinski definition) is 4. The summed E-state index contributed by atoms with van der Waals surface area (Å²) in [6.07, 6.45) is 3.49. The van der Waals surface area contributed by atoms with Gasteiger partial charge in [-0.15, -0.1) is 0 Å². The van der Waals surface area contributed by atoms with Crippen LogP contribution in [-0.2, 0) is 14.8 Å². The average Bonchev–Trinajstić information content (AvgIpc) is 2.87. The lowest BCUT2D eigenvalue weighted by molar-refractivity contribution is 0.125. The van der Waals surface area contributed by atoms with Crippen LogP contribution in [0.2, 0.25) is 0 Å². The van der Waals surface area contributed by atoms with Gasteiger partial charge < -0.3 is 9.84 Å². The van der Waals surface area contributed by atoms with Gasteiger partial charge >= 0.3 is 0 Å². The number of aliphatic hydroxyl groups is 1. The van der Waals surface area contributed by atoms with E-state index in [4.69, 9.17) is 4.74 Å². The SMILES string of the molecule is CC(O)CC1CCCN1S(=O)(=O)CC1CCCO1. The lowest BCUT2D eigenvalue weighted by Crippen LogP contribution is -2.41. The van der Waals surface area contributed by atoms with Crippen LogP contribution in [-0.4, -0.2) is 55.0 Å². The van der Waals surface area contributed by atoms with Crippen LogP contribution in [0.4, 0.5) is 0 Å². The van der Waals surface area contributed by atoms with Gasteiger partial charge in [0.25, 0.3) is 0 Å². The molecule has 0 spiro atoms. The average molecular weight is 277 g/mol. The topological polar surface area (TPSA) is 66.8 Å². The number of rotatable bonds is 5. The highest BCUT2D eigenvalue weighted by Crippen LogP contribution is 2.26. The summed E-state index contributed by atoms with van der Waals surface area (Å²) in [5.41, 5.74) is 0. The molecule has 6 heteroatoms. The smallest absolute Gasteiger partial charge is 0.216 e. The Morgan fingerprint density at radius 1 is 1.39 bits per heavy atom. The molecule has 18 heavy (non-hydrogen) atoms. The van der Waals surface area contributed by atoms with E-state index in [2.05, 4.69) is 0 Å². The van der Waals surface area contributed by atoms with E-state index in [1.807, 2.05) is 0 Å². The third-order valence-corrected chi connectivity index (χ3v) is 5.70. The van der Waals surface area contributed by atoms with E-state index in [-0.39, 0.29) is 17.9 Å². The number of ether oxygens (including phenoxy) is 1. The molecule has 0 saturated carbocycles. The molecule has 2 fully saturated rings. The predicted molar refractivity (Wildman–Crippen MR) is 68.8 cm³/mol. The highest BCUT2D eigenvalue weighted by atomic mass is 32.2. The first-order chi connectivity index (χ1) is 8.49. The standard InChI is InChI=1S/C12H23NO4S/c1-10(14)8-11-4-2-6-13(11)18(15,16)9-12-5-3-7-17-12/h10-12,14H,2-9H2,1H3. The van der Waals surface area contributed by atoms with Gasteiger partial charge in [-0.25, -0.2) is 8.42 Å². The molecule has 2 saturated heterocycles. The summed E-state index contributed by atoms with van der Waals surface area (Å²) >= 11 is 0. The fraction of sp³-hybridized carbons (Fsp3) is 1.00. The largest absolute Gasteiger partial charge is 0.393 e. The van der Waals surface area contributed by atoms with Crippen molar-refractivity contribution in [2.75, 3.05) is 18.9 Å². The molecule has 0 aliphatic carbocycles. The first kappa shape index (κ1) is 14.2. The van der Waals surface area contributed by atoms with E-state index in [9.17, 15) is 13.5 Å². The van der Waals surface area contributed by atoms with Crippen LogP contribution in [0.25, 0.3) is 0 Å². The van der Waals surface area contributed by atoms with Crippen LogP contribution in [0.5, 0.6) is 0 Å². The Labute approximate surface area is 109 Å². The maximum absolute atomic E-state index is 12.3. The molecule has 0 aromatic rings. The normalized spacial score (nSPS) is 31.9. The number of nitrogens with zero attached hydrogens (tertiary/aromatic N) is 1. The van der Waals surface area contributed by atoms with Gasteiger partial charge in [0.2, 0.25) is 10.0 Å². The number of aliphatic hydroxyl groups excluding tert-OH is 1. The number of sulfonamides is 1. The molecule has 2 heterocycles. The summed E-state index contributed by atoms with van der Waals surface area (Å²) in [6, 6.07) is -0.0311. The maximum atomic E-state index is 12.3. The molecule has 0 amide bonds. The molecular weight excluding hydrogens is 254 g/mol. The van der Waals surface area contributed by atoms with Crippen molar-refractivity contribution in [1.82, 2.24) is 4.31 Å². The van der Waals surface area contributed by atoms with Crippen molar-refractivity contribution >= 4 is 10.0 Å². The first-order valence-electron chi connectivity index (χ1n) is 6.78. The minimum atomic E-state index is -3.24. The van der Waals surface area contributed by atoms with E-state index in [1.54, 1.807) is 11.2 Å². The van der Waals surface area contributed by atoms with Gasteiger partial charge in [0.05, 0.1) is 18.0 Å². The third kappa shape index (κ3) is 3.44. The summed E-state index contributed by atoms with van der Waals surface area (Å²) in [5, 5.41) is 9.43. The Morgan fingerprint density at radius 2 is 2.17 bits per heavy atom. The van der Waals surface area contributed by atoms with Crippen LogP contribution in [0.15, 0.2) is 0 Å². The van der Waals surface area contributed by atoms with Crippen molar-refractivity contribution in [2.24, 2.45) is 0 Å². The van der Waals surface area contributed by atoms with Crippen LogP contribution in [0.3, 0.4) is 0 Å². The Balaban J connectivity index is 1.98. The van der Waals surface area contributed by atoms with Crippen LogP contribution in [0, 0.1) is 0 Å². The molecule has 2 aliphatic rings. The summed E-state index contributed by atoms with van der Waals surface area (Å²) in [7, 11) is -3.24. The van der Waals surface area contributed by atoms with Gasteiger partial charge in [0.15, 0.2) is 0 Å². The third-order valence-electron chi connectivity index (χ3n) is 3.71. The second-order valence-corrected chi connectivity index (χ2v) is 7.37. The Bertz CT molecular complexity index is 362. The molecule has 106 valence electrons. The quantitative estimate of drug-likeness (QED) is 0.804. The monoisotopic (exact) mass is 277 g/mol. The molecular formula is C12H23NO4S. The zero-order valence-corrected chi connectivity index (χ0v) is 11.7. The second kappa shape index (κ2) is 5.86. The van der Waals surface area contributed by atoms with Gasteiger partial charge in [-0.3, -0.25) is 0 Å². The molecule has 2 rings (SSSR count). The zero-order valence-electron chi connectivity index (χ0n) is 10.9. The maximum Gasteiger partial charge on any atom is 0.216 e.